The van der Waals surface area contributed by atoms with Crippen LogP contribution in [0.4, 0.5) is 5.69 Å². The fourth-order valence-electron chi connectivity index (χ4n) is 2.37. The molecule has 2 rings (SSSR count). The largest absolute Gasteiger partial charge is 0.347 e. The summed E-state index contributed by atoms with van der Waals surface area (Å²) in [6.07, 6.45) is 5.37. The van der Waals surface area contributed by atoms with E-state index in [9.17, 15) is 4.79 Å². The van der Waals surface area contributed by atoms with Gasteiger partial charge < -0.3 is 15.5 Å². The van der Waals surface area contributed by atoms with Crippen molar-refractivity contribution in [2.24, 2.45) is 4.99 Å². The summed E-state index contributed by atoms with van der Waals surface area (Å²) in [5.74, 6) is 2.98. The van der Waals surface area contributed by atoms with Gasteiger partial charge in [-0.25, -0.2) is 0 Å². The first-order chi connectivity index (χ1) is 12.5. The zero-order valence-corrected chi connectivity index (χ0v) is 15.5. The molecule has 0 spiro atoms. The number of nitrogens with zero attached hydrogens (tertiary/aromatic N) is 2. The van der Waals surface area contributed by atoms with Gasteiger partial charge in [-0.3, -0.25) is 9.79 Å². The molecule has 1 amide bonds. The Morgan fingerprint density at radius 1 is 1.27 bits per heavy atom. The third-order valence-corrected chi connectivity index (χ3v) is 3.88. The molecule has 0 saturated carbocycles. The topological polar surface area (TPSA) is 56.7 Å². The Labute approximate surface area is 159 Å². The third-order valence-electron chi connectivity index (χ3n) is 3.63. The summed E-state index contributed by atoms with van der Waals surface area (Å²) < 4.78 is 0. The minimum atomic E-state index is -0.180. The number of terminal acetylenes is 1. The number of carbonyl (C=O) groups excluding carboxylic acids is 1. The maximum Gasteiger partial charge on any atom is 0.243 e. The molecule has 0 saturated heterocycles. The highest BCUT2D eigenvalue weighted by molar-refractivity contribution is 6.30. The van der Waals surface area contributed by atoms with Gasteiger partial charge in [0.2, 0.25) is 5.91 Å². The van der Waals surface area contributed by atoms with E-state index in [1.165, 1.54) is 0 Å². The van der Waals surface area contributed by atoms with Gasteiger partial charge in [0.25, 0.3) is 0 Å². The molecule has 0 unspecified atom stereocenters. The van der Waals surface area contributed by atoms with Gasteiger partial charge in [-0.2, -0.15) is 0 Å². The maximum atomic E-state index is 12.1. The van der Waals surface area contributed by atoms with E-state index in [0.717, 1.165) is 5.56 Å². The van der Waals surface area contributed by atoms with Crippen molar-refractivity contribution in [1.82, 2.24) is 10.2 Å². The lowest BCUT2D eigenvalue weighted by Crippen LogP contribution is -2.42. The Balaban J connectivity index is 1.88. The summed E-state index contributed by atoms with van der Waals surface area (Å²) in [6.45, 7) is 0.737. The Bertz CT molecular complexity index is 824. The molecule has 0 atom stereocenters. The van der Waals surface area contributed by atoms with Crippen molar-refractivity contribution in [1.29, 1.82) is 0 Å². The van der Waals surface area contributed by atoms with Gasteiger partial charge in [0.05, 0.1) is 6.54 Å². The molecule has 0 bridgehead atoms. The second-order valence-electron chi connectivity index (χ2n) is 5.66. The van der Waals surface area contributed by atoms with Gasteiger partial charge in [-0.15, -0.1) is 6.42 Å². The summed E-state index contributed by atoms with van der Waals surface area (Å²) in [6, 6.07) is 14.8. The quantitative estimate of drug-likeness (QED) is 0.484. The molecule has 5 nitrogen and oxygen atoms in total. The van der Waals surface area contributed by atoms with E-state index >= 15 is 0 Å². The molecule has 0 fully saturated rings. The van der Waals surface area contributed by atoms with Crippen molar-refractivity contribution in [3.63, 3.8) is 0 Å². The van der Waals surface area contributed by atoms with Crippen LogP contribution in [0.1, 0.15) is 11.1 Å². The van der Waals surface area contributed by atoms with Gasteiger partial charge in [-0.05, 0) is 35.9 Å². The molecule has 2 N–H and O–H groups in total. The molecule has 2 aromatic rings. The lowest BCUT2D eigenvalue weighted by molar-refractivity contribution is -0.115. The standard InChI is InChI=1S/C20H21ClN4O/c1-4-15-6-5-7-18(12-15)24-19(26)13-23-20(22-2)25(3)14-16-8-10-17(21)11-9-16/h1,5-12H,13-14H2,2-3H3,(H,22,23)(H,24,26). The van der Waals surface area contributed by atoms with Crippen LogP contribution in [0, 0.1) is 12.3 Å². The number of anilines is 1. The maximum absolute atomic E-state index is 12.1. The van der Waals surface area contributed by atoms with E-state index in [4.69, 9.17) is 18.0 Å². The highest BCUT2D eigenvalue weighted by Crippen LogP contribution is 2.11. The number of rotatable bonds is 5. The Morgan fingerprint density at radius 2 is 2.00 bits per heavy atom. The first-order valence-corrected chi connectivity index (χ1v) is 8.42. The number of hydrogen-bond donors (Lipinski definition) is 2. The molecule has 0 radical (unpaired) electrons. The third kappa shape index (κ3) is 5.83. The van der Waals surface area contributed by atoms with Gasteiger partial charge in [0.1, 0.15) is 0 Å². The van der Waals surface area contributed by atoms with Crippen molar-refractivity contribution in [2.75, 3.05) is 26.0 Å². The van der Waals surface area contributed by atoms with Crippen molar-refractivity contribution in [3.8, 4) is 12.3 Å². The molecular weight excluding hydrogens is 348 g/mol. The lowest BCUT2D eigenvalue weighted by atomic mass is 10.2. The summed E-state index contributed by atoms with van der Waals surface area (Å²) >= 11 is 5.90. The highest BCUT2D eigenvalue weighted by Gasteiger charge is 2.09. The van der Waals surface area contributed by atoms with Crippen molar-refractivity contribution < 1.29 is 4.79 Å². The van der Waals surface area contributed by atoms with Crippen LogP contribution in [-0.4, -0.2) is 37.4 Å². The van der Waals surface area contributed by atoms with E-state index in [1.807, 2.05) is 42.3 Å². The van der Waals surface area contributed by atoms with E-state index in [1.54, 1.807) is 25.2 Å². The minimum Gasteiger partial charge on any atom is -0.347 e. The first kappa shape index (κ1) is 19.4. The lowest BCUT2D eigenvalue weighted by Gasteiger charge is -2.22. The molecule has 6 heteroatoms. The van der Waals surface area contributed by atoms with Crippen molar-refractivity contribution in [3.05, 3.63) is 64.7 Å². The predicted octanol–water partition coefficient (Wildman–Crippen LogP) is 2.97. The summed E-state index contributed by atoms with van der Waals surface area (Å²) in [4.78, 5) is 18.3. The van der Waals surface area contributed by atoms with E-state index < -0.39 is 0 Å². The van der Waals surface area contributed by atoms with Crippen LogP contribution in [0.3, 0.4) is 0 Å². The van der Waals surface area contributed by atoms with Crippen LogP contribution in [0.25, 0.3) is 0 Å². The molecule has 0 aliphatic heterocycles. The number of carbonyl (C=O) groups is 1. The summed E-state index contributed by atoms with van der Waals surface area (Å²) in [5, 5.41) is 6.55. The fraction of sp³-hybridized carbons (Fsp3) is 0.200. The molecule has 0 aromatic heterocycles. The molecular formula is C20H21ClN4O. The zero-order chi connectivity index (χ0) is 18.9. The van der Waals surface area contributed by atoms with Crippen LogP contribution in [0.15, 0.2) is 53.5 Å². The number of guanidine groups is 1. The molecule has 26 heavy (non-hydrogen) atoms. The van der Waals surface area contributed by atoms with E-state index in [2.05, 4.69) is 21.5 Å². The number of aliphatic imine (C=N–C) groups is 1. The molecule has 0 heterocycles. The van der Waals surface area contributed by atoms with Gasteiger partial charge in [-0.1, -0.05) is 35.7 Å². The smallest absolute Gasteiger partial charge is 0.243 e. The van der Waals surface area contributed by atoms with E-state index in [-0.39, 0.29) is 12.5 Å². The monoisotopic (exact) mass is 368 g/mol. The number of benzene rings is 2. The summed E-state index contributed by atoms with van der Waals surface area (Å²) in [5.41, 5.74) is 2.47. The Kier molecular flexibility index (Phi) is 7.07. The predicted molar refractivity (Wildman–Crippen MR) is 107 cm³/mol. The molecule has 0 aliphatic carbocycles. The number of halogens is 1. The van der Waals surface area contributed by atoms with Crippen LogP contribution in [0.5, 0.6) is 0 Å². The fourth-order valence-corrected chi connectivity index (χ4v) is 2.50. The zero-order valence-electron chi connectivity index (χ0n) is 14.8. The second kappa shape index (κ2) is 9.50. The first-order valence-electron chi connectivity index (χ1n) is 8.04. The average molecular weight is 369 g/mol. The Morgan fingerprint density at radius 3 is 2.65 bits per heavy atom. The number of amides is 1. The SMILES string of the molecule is C#Cc1cccc(NC(=O)CNC(=NC)N(C)Cc2ccc(Cl)cc2)c1. The minimum absolute atomic E-state index is 0.0952. The molecule has 0 aliphatic rings. The van der Waals surface area contributed by atoms with E-state index in [0.29, 0.717) is 28.8 Å². The van der Waals surface area contributed by atoms with Gasteiger partial charge in [0, 0.05) is 36.9 Å². The van der Waals surface area contributed by atoms with Crippen molar-refractivity contribution >= 4 is 29.2 Å². The summed E-state index contributed by atoms with van der Waals surface area (Å²) in [7, 11) is 3.58. The van der Waals surface area contributed by atoms with Crippen LogP contribution in [0.2, 0.25) is 5.02 Å². The highest BCUT2D eigenvalue weighted by atomic mass is 35.5. The molecule has 134 valence electrons. The number of hydrogen-bond acceptors (Lipinski definition) is 2. The van der Waals surface area contributed by atoms with Gasteiger partial charge in [0.15, 0.2) is 5.96 Å². The van der Waals surface area contributed by atoms with Crippen LogP contribution >= 0.6 is 11.6 Å². The Hall–Kier alpha value is -2.97. The normalized spacial score (nSPS) is 10.8. The average Bonchev–Trinajstić information content (AvgIpc) is 2.64. The number of nitrogens with one attached hydrogen (secondary N) is 2. The van der Waals surface area contributed by atoms with Crippen molar-refractivity contribution in [2.45, 2.75) is 6.54 Å². The second-order valence-corrected chi connectivity index (χ2v) is 6.09. The van der Waals surface area contributed by atoms with Crippen LogP contribution in [-0.2, 0) is 11.3 Å². The van der Waals surface area contributed by atoms with Gasteiger partial charge >= 0.3 is 0 Å². The van der Waals surface area contributed by atoms with Crippen LogP contribution < -0.4 is 10.6 Å². The molecule has 2 aromatic carbocycles.